The molecule has 0 aliphatic carbocycles. The number of halogens is 2. The number of rotatable bonds is 4. The van der Waals surface area contributed by atoms with Gasteiger partial charge in [-0.2, -0.15) is 0 Å². The Bertz CT molecular complexity index is 1150. The summed E-state index contributed by atoms with van der Waals surface area (Å²) in [6.07, 6.45) is 1.92. The van der Waals surface area contributed by atoms with Crippen molar-refractivity contribution < 1.29 is 23.4 Å². The Kier molecular flexibility index (Phi) is 5.02. The number of aryl methyl sites for hydroxylation is 1. The van der Waals surface area contributed by atoms with E-state index in [-0.39, 0.29) is 41.9 Å². The maximum absolute atomic E-state index is 14.5. The number of imidazole rings is 1. The first-order chi connectivity index (χ1) is 14.3. The molecule has 10 heteroatoms. The van der Waals surface area contributed by atoms with E-state index in [2.05, 4.69) is 15.3 Å². The lowest BCUT2D eigenvalue weighted by Crippen LogP contribution is -2.26. The Morgan fingerprint density at radius 2 is 2.13 bits per heavy atom. The van der Waals surface area contributed by atoms with Crippen molar-refractivity contribution in [2.75, 3.05) is 26.0 Å². The summed E-state index contributed by atoms with van der Waals surface area (Å²) in [5.41, 5.74) is 1.82. The van der Waals surface area contributed by atoms with Gasteiger partial charge in [0.25, 0.3) is 5.91 Å². The van der Waals surface area contributed by atoms with Crippen LogP contribution in [0.1, 0.15) is 39.9 Å². The molecule has 1 aliphatic rings. The molecule has 1 unspecified atom stereocenters. The van der Waals surface area contributed by atoms with Crippen molar-refractivity contribution in [3.63, 3.8) is 0 Å². The van der Waals surface area contributed by atoms with E-state index >= 15 is 0 Å². The van der Waals surface area contributed by atoms with Crippen molar-refractivity contribution in [1.29, 1.82) is 0 Å². The Morgan fingerprint density at radius 1 is 1.37 bits per heavy atom. The van der Waals surface area contributed by atoms with E-state index in [9.17, 15) is 18.7 Å². The number of fused-ring (bicyclic) bond motifs is 2. The Morgan fingerprint density at radius 3 is 2.83 bits per heavy atom. The SMILES string of the molecule is Cc1nc2c(NC3CCOc4cc(F)cc(F)c43)nc(C(=O)N(C)C)cn2c1CO. The molecule has 0 bridgehead atoms. The van der Waals surface area contributed by atoms with Crippen molar-refractivity contribution in [2.45, 2.75) is 26.0 Å². The van der Waals surface area contributed by atoms with Crippen molar-refractivity contribution in [3.8, 4) is 5.75 Å². The van der Waals surface area contributed by atoms with E-state index in [1.54, 1.807) is 25.4 Å². The van der Waals surface area contributed by atoms with Gasteiger partial charge >= 0.3 is 0 Å². The van der Waals surface area contributed by atoms with Gasteiger partial charge in [-0.05, 0) is 6.92 Å². The number of amides is 1. The number of aromatic nitrogens is 3. The number of hydrogen-bond acceptors (Lipinski definition) is 6. The second-order valence-corrected chi connectivity index (χ2v) is 7.30. The van der Waals surface area contributed by atoms with E-state index in [4.69, 9.17) is 4.74 Å². The van der Waals surface area contributed by atoms with Crippen LogP contribution in [0.5, 0.6) is 5.75 Å². The lowest BCUT2D eigenvalue weighted by molar-refractivity contribution is 0.0821. The predicted octanol–water partition coefficient (Wildman–Crippen LogP) is 2.45. The minimum absolute atomic E-state index is 0.128. The van der Waals surface area contributed by atoms with Gasteiger partial charge in [0.1, 0.15) is 23.1 Å². The van der Waals surface area contributed by atoms with Crippen LogP contribution in [0, 0.1) is 18.6 Å². The standard InChI is InChI=1S/C20H21F2N5O3/c1-10-15(9-28)27-8-14(20(29)26(2)3)25-18(19(27)23-10)24-13-4-5-30-16-7-11(21)6-12(22)17(13)16/h6-8,13,28H,4-5,9H2,1-3H3,(H,24,25). The molecule has 1 aromatic carbocycles. The summed E-state index contributed by atoms with van der Waals surface area (Å²) in [5, 5.41) is 12.9. The second-order valence-electron chi connectivity index (χ2n) is 7.30. The van der Waals surface area contributed by atoms with Gasteiger partial charge in [0.15, 0.2) is 11.5 Å². The zero-order valence-corrected chi connectivity index (χ0v) is 16.7. The molecule has 1 aliphatic heterocycles. The molecular formula is C20H21F2N5O3. The third-order valence-electron chi connectivity index (χ3n) is 5.06. The summed E-state index contributed by atoms with van der Waals surface area (Å²) in [6, 6.07) is 1.39. The summed E-state index contributed by atoms with van der Waals surface area (Å²) >= 11 is 0. The molecule has 0 spiro atoms. The number of ether oxygens (including phenoxy) is 1. The zero-order valence-electron chi connectivity index (χ0n) is 16.7. The second kappa shape index (κ2) is 7.52. The smallest absolute Gasteiger partial charge is 0.273 e. The molecule has 4 rings (SSSR count). The maximum atomic E-state index is 14.5. The van der Waals surface area contributed by atoms with Gasteiger partial charge in [0, 0.05) is 38.8 Å². The molecule has 8 nitrogen and oxygen atoms in total. The van der Waals surface area contributed by atoms with E-state index in [0.29, 0.717) is 23.5 Å². The van der Waals surface area contributed by atoms with Crippen LogP contribution in [0.4, 0.5) is 14.6 Å². The molecular weight excluding hydrogens is 396 g/mol. The fourth-order valence-electron chi connectivity index (χ4n) is 3.59. The highest BCUT2D eigenvalue weighted by molar-refractivity contribution is 5.92. The van der Waals surface area contributed by atoms with Crippen LogP contribution < -0.4 is 10.1 Å². The third kappa shape index (κ3) is 3.32. The fourth-order valence-corrected chi connectivity index (χ4v) is 3.59. The van der Waals surface area contributed by atoms with Crippen molar-refractivity contribution in [2.24, 2.45) is 0 Å². The highest BCUT2D eigenvalue weighted by Crippen LogP contribution is 2.37. The summed E-state index contributed by atoms with van der Waals surface area (Å²) in [4.78, 5) is 22.8. The van der Waals surface area contributed by atoms with E-state index in [1.165, 1.54) is 11.1 Å². The van der Waals surface area contributed by atoms with Crippen LogP contribution in [0.25, 0.3) is 5.65 Å². The van der Waals surface area contributed by atoms with Crippen LogP contribution in [-0.4, -0.2) is 51.0 Å². The predicted molar refractivity (Wildman–Crippen MR) is 104 cm³/mol. The molecule has 0 fully saturated rings. The number of benzene rings is 1. The Balaban J connectivity index is 1.85. The quantitative estimate of drug-likeness (QED) is 0.678. The molecule has 3 heterocycles. The number of aliphatic hydroxyl groups is 1. The zero-order chi connectivity index (χ0) is 21.6. The van der Waals surface area contributed by atoms with E-state index in [1.807, 2.05) is 0 Å². The molecule has 158 valence electrons. The molecule has 0 saturated heterocycles. The average molecular weight is 417 g/mol. The lowest BCUT2D eigenvalue weighted by Gasteiger charge is -2.27. The van der Waals surface area contributed by atoms with Crippen LogP contribution in [0.15, 0.2) is 18.3 Å². The van der Waals surface area contributed by atoms with Gasteiger partial charge in [0.2, 0.25) is 0 Å². The first-order valence-corrected chi connectivity index (χ1v) is 9.39. The van der Waals surface area contributed by atoms with Crippen molar-refractivity contribution in [3.05, 3.63) is 52.6 Å². The van der Waals surface area contributed by atoms with Gasteiger partial charge < -0.3 is 20.1 Å². The normalized spacial score (nSPS) is 15.6. The largest absolute Gasteiger partial charge is 0.493 e. The molecule has 2 N–H and O–H groups in total. The number of carbonyl (C=O) groups is 1. The molecule has 3 aromatic rings. The average Bonchev–Trinajstić information content (AvgIpc) is 3.02. The number of nitrogens with zero attached hydrogens (tertiary/aromatic N) is 4. The van der Waals surface area contributed by atoms with Crippen molar-refractivity contribution in [1.82, 2.24) is 19.3 Å². The Labute approximate surface area is 171 Å². The monoisotopic (exact) mass is 417 g/mol. The van der Waals surface area contributed by atoms with Gasteiger partial charge in [0.05, 0.1) is 36.2 Å². The topological polar surface area (TPSA) is 92.0 Å². The van der Waals surface area contributed by atoms with Gasteiger partial charge in [-0.25, -0.2) is 18.7 Å². The number of carbonyl (C=O) groups excluding carboxylic acids is 1. The molecule has 0 saturated carbocycles. The highest BCUT2D eigenvalue weighted by atomic mass is 19.1. The molecule has 0 radical (unpaired) electrons. The molecule has 1 atom stereocenters. The van der Waals surface area contributed by atoms with Gasteiger partial charge in [-0.3, -0.25) is 9.20 Å². The fraction of sp³-hybridized carbons (Fsp3) is 0.350. The Hall–Kier alpha value is -3.27. The number of anilines is 1. The number of hydrogen-bond donors (Lipinski definition) is 2. The number of nitrogens with one attached hydrogen (secondary N) is 1. The van der Waals surface area contributed by atoms with Gasteiger partial charge in [-0.1, -0.05) is 0 Å². The van der Waals surface area contributed by atoms with Gasteiger partial charge in [-0.15, -0.1) is 0 Å². The summed E-state index contributed by atoms with van der Waals surface area (Å²) in [5.74, 6) is -1.40. The molecule has 30 heavy (non-hydrogen) atoms. The van der Waals surface area contributed by atoms with Crippen LogP contribution in [0.3, 0.4) is 0 Å². The highest BCUT2D eigenvalue weighted by Gasteiger charge is 2.28. The van der Waals surface area contributed by atoms with Crippen molar-refractivity contribution >= 4 is 17.4 Å². The first-order valence-electron chi connectivity index (χ1n) is 9.39. The minimum Gasteiger partial charge on any atom is -0.493 e. The lowest BCUT2D eigenvalue weighted by atomic mass is 9.99. The minimum atomic E-state index is -0.727. The van der Waals surface area contributed by atoms with Crippen LogP contribution in [-0.2, 0) is 6.61 Å². The maximum Gasteiger partial charge on any atom is 0.273 e. The summed E-state index contributed by atoms with van der Waals surface area (Å²) in [6.45, 7) is 1.72. The summed E-state index contributed by atoms with van der Waals surface area (Å²) < 4.78 is 35.1. The third-order valence-corrected chi connectivity index (χ3v) is 5.06. The molecule has 2 aromatic heterocycles. The molecule has 1 amide bonds. The van der Waals surface area contributed by atoms with Crippen LogP contribution in [0.2, 0.25) is 0 Å². The van der Waals surface area contributed by atoms with E-state index < -0.39 is 17.7 Å². The van der Waals surface area contributed by atoms with E-state index in [0.717, 1.165) is 12.1 Å². The number of aliphatic hydroxyl groups excluding tert-OH is 1. The first kappa shape index (κ1) is 20.0. The van der Waals surface area contributed by atoms with Crippen LogP contribution >= 0.6 is 0 Å². The summed E-state index contributed by atoms with van der Waals surface area (Å²) in [7, 11) is 3.21.